The molecule has 0 saturated heterocycles. The number of aliphatic carboxylic acids is 1. The van der Waals surface area contributed by atoms with E-state index >= 15 is 0 Å². The van der Waals surface area contributed by atoms with Gasteiger partial charge in [0.1, 0.15) is 18.5 Å². The zero-order valence-corrected chi connectivity index (χ0v) is 12.7. The topological polar surface area (TPSA) is 94.1 Å². The number of hydrogen-bond donors (Lipinski definition) is 2. The highest BCUT2D eigenvalue weighted by atomic mass is 16.5. The van der Waals surface area contributed by atoms with Crippen molar-refractivity contribution in [2.45, 2.75) is 19.6 Å². The van der Waals surface area contributed by atoms with Crippen molar-refractivity contribution in [2.75, 3.05) is 26.9 Å². The third-order valence-corrected chi connectivity index (χ3v) is 2.77. The molecule has 1 rings (SSSR count). The van der Waals surface area contributed by atoms with Gasteiger partial charge in [0.2, 0.25) is 5.91 Å². The fourth-order valence-electron chi connectivity index (χ4n) is 1.61. The Kier molecular flexibility index (Phi) is 7.95. The minimum atomic E-state index is -1.04. The van der Waals surface area contributed by atoms with Crippen LogP contribution < -0.4 is 10.1 Å². The summed E-state index contributed by atoms with van der Waals surface area (Å²) in [6.45, 7) is 1.94. The van der Waals surface area contributed by atoms with Crippen molar-refractivity contribution in [3.63, 3.8) is 0 Å². The fourth-order valence-corrected chi connectivity index (χ4v) is 1.61. The Bertz CT molecular complexity index is 491. The molecule has 1 amide bonds. The standard InChI is InChI=1S/C15H21NO6/c1-11(15(19)16-6-7-21-10-14(17)18)22-9-12-4-3-5-13(8-12)20-2/h3-5,8,11H,6-7,9-10H2,1-2H3,(H,16,19)(H,17,18). The van der Waals surface area contributed by atoms with Gasteiger partial charge in [0.15, 0.2) is 0 Å². The summed E-state index contributed by atoms with van der Waals surface area (Å²) < 4.78 is 15.4. The van der Waals surface area contributed by atoms with Gasteiger partial charge < -0.3 is 24.6 Å². The second kappa shape index (κ2) is 9.75. The summed E-state index contributed by atoms with van der Waals surface area (Å²) in [6, 6.07) is 7.40. The number of benzene rings is 1. The predicted octanol–water partition coefficient (Wildman–Crippen LogP) is 0.818. The van der Waals surface area contributed by atoms with Crippen LogP contribution in [0.2, 0.25) is 0 Å². The van der Waals surface area contributed by atoms with Gasteiger partial charge in [-0.05, 0) is 24.6 Å². The van der Waals surface area contributed by atoms with Gasteiger partial charge in [0, 0.05) is 6.54 Å². The summed E-state index contributed by atoms with van der Waals surface area (Å²) >= 11 is 0. The van der Waals surface area contributed by atoms with Crippen LogP contribution in [0.25, 0.3) is 0 Å². The first kappa shape index (κ1) is 17.9. The van der Waals surface area contributed by atoms with E-state index in [9.17, 15) is 9.59 Å². The minimum Gasteiger partial charge on any atom is -0.497 e. The molecule has 7 nitrogen and oxygen atoms in total. The molecule has 1 aromatic carbocycles. The highest BCUT2D eigenvalue weighted by Gasteiger charge is 2.13. The van der Waals surface area contributed by atoms with E-state index in [2.05, 4.69) is 5.32 Å². The monoisotopic (exact) mass is 311 g/mol. The summed E-state index contributed by atoms with van der Waals surface area (Å²) in [5, 5.41) is 11.0. The Hall–Kier alpha value is -2.12. The lowest BCUT2D eigenvalue weighted by molar-refractivity contribution is -0.142. The molecule has 0 heterocycles. The molecule has 0 spiro atoms. The number of rotatable bonds is 10. The van der Waals surface area contributed by atoms with E-state index in [0.29, 0.717) is 6.61 Å². The number of carbonyl (C=O) groups is 2. The van der Waals surface area contributed by atoms with Crippen molar-refractivity contribution in [1.29, 1.82) is 0 Å². The molecular formula is C15H21NO6. The van der Waals surface area contributed by atoms with Crippen LogP contribution in [0, 0.1) is 0 Å². The first-order chi connectivity index (χ1) is 10.5. The Morgan fingerprint density at radius 2 is 2.14 bits per heavy atom. The van der Waals surface area contributed by atoms with Gasteiger partial charge >= 0.3 is 5.97 Å². The molecular weight excluding hydrogens is 290 g/mol. The zero-order chi connectivity index (χ0) is 16.4. The molecule has 2 N–H and O–H groups in total. The average Bonchev–Trinajstić information content (AvgIpc) is 2.51. The Labute approximate surface area is 129 Å². The normalized spacial score (nSPS) is 11.7. The van der Waals surface area contributed by atoms with E-state index in [1.165, 1.54) is 0 Å². The van der Waals surface area contributed by atoms with Gasteiger partial charge in [-0.15, -0.1) is 0 Å². The van der Waals surface area contributed by atoms with Gasteiger partial charge in [-0.1, -0.05) is 12.1 Å². The maximum atomic E-state index is 11.8. The van der Waals surface area contributed by atoms with Gasteiger partial charge in [-0.25, -0.2) is 4.79 Å². The van der Waals surface area contributed by atoms with Crippen LogP contribution in [0.4, 0.5) is 0 Å². The lowest BCUT2D eigenvalue weighted by Gasteiger charge is -2.13. The second-order valence-corrected chi connectivity index (χ2v) is 4.54. The first-order valence-electron chi connectivity index (χ1n) is 6.84. The molecule has 122 valence electrons. The quantitative estimate of drug-likeness (QED) is 0.621. The third-order valence-electron chi connectivity index (χ3n) is 2.77. The van der Waals surface area contributed by atoms with E-state index in [-0.39, 0.29) is 25.7 Å². The summed E-state index contributed by atoms with van der Waals surface area (Å²) in [6.07, 6.45) is -0.620. The number of amides is 1. The van der Waals surface area contributed by atoms with Crippen molar-refractivity contribution >= 4 is 11.9 Å². The lowest BCUT2D eigenvalue weighted by atomic mass is 10.2. The van der Waals surface area contributed by atoms with E-state index in [1.807, 2.05) is 24.3 Å². The van der Waals surface area contributed by atoms with Crippen LogP contribution in [0.1, 0.15) is 12.5 Å². The fraction of sp³-hybridized carbons (Fsp3) is 0.467. The molecule has 0 bridgehead atoms. The first-order valence-corrected chi connectivity index (χ1v) is 6.84. The average molecular weight is 311 g/mol. The molecule has 1 unspecified atom stereocenters. The zero-order valence-electron chi connectivity index (χ0n) is 12.7. The van der Waals surface area contributed by atoms with E-state index < -0.39 is 12.1 Å². The molecule has 1 atom stereocenters. The number of hydrogen-bond acceptors (Lipinski definition) is 5. The lowest BCUT2D eigenvalue weighted by Crippen LogP contribution is -2.36. The van der Waals surface area contributed by atoms with E-state index in [0.717, 1.165) is 11.3 Å². The van der Waals surface area contributed by atoms with Gasteiger partial charge in [-0.2, -0.15) is 0 Å². The molecule has 0 saturated carbocycles. The number of carboxylic acids is 1. The van der Waals surface area contributed by atoms with Crippen molar-refractivity contribution < 1.29 is 28.9 Å². The van der Waals surface area contributed by atoms with Crippen molar-refractivity contribution in [1.82, 2.24) is 5.32 Å². The van der Waals surface area contributed by atoms with Crippen molar-refractivity contribution in [2.24, 2.45) is 0 Å². The minimum absolute atomic E-state index is 0.140. The number of ether oxygens (including phenoxy) is 3. The van der Waals surface area contributed by atoms with Crippen LogP contribution in [-0.4, -0.2) is 50.0 Å². The summed E-state index contributed by atoms with van der Waals surface area (Å²) in [5.74, 6) is -0.586. The van der Waals surface area contributed by atoms with Crippen molar-refractivity contribution in [3.8, 4) is 5.75 Å². The number of nitrogens with one attached hydrogen (secondary N) is 1. The van der Waals surface area contributed by atoms with Crippen LogP contribution in [0.3, 0.4) is 0 Å². The highest BCUT2D eigenvalue weighted by Crippen LogP contribution is 2.13. The smallest absolute Gasteiger partial charge is 0.329 e. The largest absolute Gasteiger partial charge is 0.497 e. The van der Waals surface area contributed by atoms with Crippen LogP contribution in [-0.2, 0) is 25.7 Å². The van der Waals surface area contributed by atoms with Gasteiger partial charge in [0.25, 0.3) is 0 Å². The number of carboxylic acid groups (broad SMARTS) is 1. The number of carbonyl (C=O) groups excluding carboxylic acids is 1. The van der Waals surface area contributed by atoms with Crippen molar-refractivity contribution in [3.05, 3.63) is 29.8 Å². The molecule has 0 aliphatic heterocycles. The molecule has 1 aromatic rings. The van der Waals surface area contributed by atoms with Crippen LogP contribution >= 0.6 is 0 Å². The third kappa shape index (κ3) is 7.05. The molecule has 7 heteroatoms. The van der Waals surface area contributed by atoms with Gasteiger partial charge in [-0.3, -0.25) is 4.79 Å². The summed E-state index contributed by atoms with van der Waals surface area (Å²) in [7, 11) is 1.59. The Balaban J connectivity index is 2.24. The second-order valence-electron chi connectivity index (χ2n) is 4.54. The van der Waals surface area contributed by atoms with Gasteiger partial charge in [0.05, 0.1) is 20.3 Å². The molecule has 0 aliphatic rings. The van der Waals surface area contributed by atoms with E-state index in [1.54, 1.807) is 14.0 Å². The van der Waals surface area contributed by atoms with Crippen LogP contribution in [0.5, 0.6) is 5.75 Å². The summed E-state index contributed by atoms with van der Waals surface area (Å²) in [5.41, 5.74) is 0.906. The highest BCUT2D eigenvalue weighted by molar-refractivity contribution is 5.80. The van der Waals surface area contributed by atoms with Crippen LogP contribution in [0.15, 0.2) is 24.3 Å². The molecule has 0 aromatic heterocycles. The molecule has 22 heavy (non-hydrogen) atoms. The van der Waals surface area contributed by atoms with E-state index in [4.69, 9.17) is 19.3 Å². The Morgan fingerprint density at radius 1 is 1.36 bits per heavy atom. The summed E-state index contributed by atoms with van der Waals surface area (Å²) in [4.78, 5) is 22.0. The predicted molar refractivity (Wildman–Crippen MR) is 78.7 cm³/mol. The maximum absolute atomic E-state index is 11.8. The maximum Gasteiger partial charge on any atom is 0.329 e. The molecule has 0 fully saturated rings. The Morgan fingerprint density at radius 3 is 2.82 bits per heavy atom. The SMILES string of the molecule is COc1cccc(COC(C)C(=O)NCCOCC(=O)O)c1. The molecule has 0 aliphatic carbocycles. The number of methoxy groups -OCH3 is 1. The molecule has 0 radical (unpaired) electrons.